The molecule has 0 aromatic carbocycles. The molecule has 0 radical (unpaired) electrons. The lowest BCUT2D eigenvalue weighted by Gasteiger charge is -2.31. The Bertz CT molecular complexity index is 452. The van der Waals surface area contributed by atoms with Crippen LogP contribution in [0.1, 0.15) is 43.5 Å². The minimum atomic E-state index is -0.730. The minimum Gasteiger partial charge on any atom is -0.386 e. The molecule has 0 bridgehead atoms. The molecule has 4 nitrogen and oxygen atoms in total. The van der Waals surface area contributed by atoms with Crippen molar-refractivity contribution >= 4 is 0 Å². The number of pyridine rings is 1. The van der Waals surface area contributed by atoms with Gasteiger partial charge >= 0.3 is 0 Å². The van der Waals surface area contributed by atoms with Crippen LogP contribution in [0.5, 0.6) is 0 Å². The van der Waals surface area contributed by atoms with Crippen molar-refractivity contribution in [2.45, 2.75) is 50.4 Å². The van der Waals surface area contributed by atoms with Gasteiger partial charge in [0.15, 0.2) is 0 Å². The van der Waals surface area contributed by atoms with Gasteiger partial charge in [-0.1, -0.05) is 6.07 Å². The Kier molecular flexibility index (Phi) is 3.56. The largest absolute Gasteiger partial charge is 0.386 e. The molecule has 104 valence electrons. The lowest BCUT2D eigenvalue weighted by molar-refractivity contribution is -0.0280. The van der Waals surface area contributed by atoms with E-state index in [1.165, 1.54) is 12.0 Å². The van der Waals surface area contributed by atoms with Crippen LogP contribution in [0, 0.1) is 0 Å². The van der Waals surface area contributed by atoms with Crippen molar-refractivity contribution in [2.24, 2.45) is 0 Å². The van der Waals surface area contributed by atoms with Gasteiger partial charge in [-0.3, -0.25) is 4.98 Å². The number of ether oxygens (including phenoxy) is 1. The summed E-state index contributed by atoms with van der Waals surface area (Å²) in [5.41, 5.74) is 1.77. The molecule has 1 aromatic heterocycles. The SMILES string of the molecule is CC1OCCC1(O)CNC1CCCc2cccnc21. The second-order valence-corrected chi connectivity index (χ2v) is 5.74. The molecule has 2 heterocycles. The molecule has 1 aliphatic heterocycles. The van der Waals surface area contributed by atoms with Crippen molar-refractivity contribution in [3.05, 3.63) is 29.6 Å². The number of hydrogen-bond donors (Lipinski definition) is 2. The number of nitrogens with zero attached hydrogens (tertiary/aromatic N) is 1. The van der Waals surface area contributed by atoms with Gasteiger partial charge in [0.2, 0.25) is 0 Å². The van der Waals surface area contributed by atoms with Crippen LogP contribution in [0.4, 0.5) is 0 Å². The third kappa shape index (κ3) is 2.53. The molecule has 19 heavy (non-hydrogen) atoms. The Balaban J connectivity index is 1.68. The van der Waals surface area contributed by atoms with Crippen molar-refractivity contribution < 1.29 is 9.84 Å². The summed E-state index contributed by atoms with van der Waals surface area (Å²) in [6, 6.07) is 4.43. The number of aryl methyl sites for hydroxylation is 1. The van der Waals surface area contributed by atoms with Crippen LogP contribution in [0.15, 0.2) is 18.3 Å². The fourth-order valence-corrected chi connectivity index (χ4v) is 3.11. The highest BCUT2D eigenvalue weighted by Crippen LogP contribution is 2.30. The molecule has 1 fully saturated rings. The number of aromatic nitrogens is 1. The van der Waals surface area contributed by atoms with Crippen LogP contribution in [-0.2, 0) is 11.2 Å². The van der Waals surface area contributed by atoms with E-state index >= 15 is 0 Å². The number of nitrogens with one attached hydrogen (secondary N) is 1. The van der Waals surface area contributed by atoms with Gasteiger partial charge < -0.3 is 15.2 Å². The average Bonchev–Trinajstić information content (AvgIpc) is 2.77. The highest BCUT2D eigenvalue weighted by Gasteiger charge is 2.40. The van der Waals surface area contributed by atoms with Crippen LogP contribution in [0.3, 0.4) is 0 Å². The molecule has 0 spiro atoms. The van der Waals surface area contributed by atoms with Crippen LogP contribution >= 0.6 is 0 Å². The number of rotatable bonds is 3. The summed E-state index contributed by atoms with van der Waals surface area (Å²) in [4.78, 5) is 4.51. The molecular formula is C15H22N2O2. The lowest BCUT2D eigenvalue weighted by Crippen LogP contribution is -2.47. The van der Waals surface area contributed by atoms with E-state index in [1.54, 1.807) is 0 Å². The Hall–Kier alpha value is -0.970. The fraction of sp³-hybridized carbons (Fsp3) is 0.667. The maximum absolute atomic E-state index is 10.5. The van der Waals surface area contributed by atoms with E-state index < -0.39 is 5.60 Å². The fourth-order valence-electron chi connectivity index (χ4n) is 3.11. The molecule has 4 heteroatoms. The van der Waals surface area contributed by atoms with Crippen LogP contribution in [0.2, 0.25) is 0 Å². The smallest absolute Gasteiger partial charge is 0.105 e. The van der Waals surface area contributed by atoms with Crippen LogP contribution < -0.4 is 5.32 Å². The van der Waals surface area contributed by atoms with Gasteiger partial charge in [0.1, 0.15) is 5.60 Å². The molecule has 1 aliphatic carbocycles. The lowest BCUT2D eigenvalue weighted by atomic mass is 9.90. The maximum atomic E-state index is 10.5. The van der Waals surface area contributed by atoms with Gasteiger partial charge in [0, 0.05) is 31.8 Å². The predicted octanol–water partition coefficient (Wildman–Crippen LogP) is 1.59. The summed E-state index contributed by atoms with van der Waals surface area (Å²) in [5, 5.41) is 14.0. The Morgan fingerprint density at radius 1 is 1.58 bits per heavy atom. The molecule has 3 atom stereocenters. The van der Waals surface area contributed by atoms with Crippen molar-refractivity contribution in [2.75, 3.05) is 13.2 Å². The van der Waals surface area contributed by atoms with Crippen molar-refractivity contribution in [3.8, 4) is 0 Å². The van der Waals surface area contributed by atoms with Crippen LogP contribution in [-0.4, -0.2) is 34.9 Å². The number of hydrogen-bond acceptors (Lipinski definition) is 4. The first-order chi connectivity index (χ1) is 9.19. The third-order valence-electron chi connectivity index (χ3n) is 4.51. The van der Waals surface area contributed by atoms with E-state index in [0.29, 0.717) is 19.6 Å². The zero-order valence-electron chi connectivity index (χ0n) is 11.4. The average molecular weight is 262 g/mol. The molecule has 1 saturated heterocycles. The quantitative estimate of drug-likeness (QED) is 0.868. The monoisotopic (exact) mass is 262 g/mol. The zero-order chi connectivity index (χ0) is 13.3. The van der Waals surface area contributed by atoms with E-state index in [-0.39, 0.29) is 12.1 Å². The first-order valence-corrected chi connectivity index (χ1v) is 7.20. The molecule has 0 amide bonds. The molecular weight excluding hydrogens is 240 g/mol. The number of fused-ring (bicyclic) bond motifs is 1. The second kappa shape index (κ2) is 5.19. The minimum absolute atomic E-state index is 0.0909. The van der Waals surface area contributed by atoms with Crippen molar-refractivity contribution in [1.82, 2.24) is 10.3 Å². The summed E-state index contributed by atoms with van der Waals surface area (Å²) < 4.78 is 5.47. The van der Waals surface area contributed by atoms with E-state index in [0.717, 1.165) is 18.5 Å². The summed E-state index contributed by atoms with van der Waals surface area (Å²) in [6.07, 6.45) is 5.87. The van der Waals surface area contributed by atoms with Crippen molar-refractivity contribution in [1.29, 1.82) is 0 Å². The summed E-state index contributed by atoms with van der Waals surface area (Å²) in [6.45, 7) is 3.18. The van der Waals surface area contributed by atoms with Crippen molar-refractivity contribution in [3.63, 3.8) is 0 Å². The van der Waals surface area contributed by atoms with Gasteiger partial charge in [-0.05, 0) is 37.8 Å². The topological polar surface area (TPSA) is 54.4 Å². The molecule has 2 N–H and O–H groups in total. The second-order valence-electron chi connectivity index (χ2n) is 5.74. The normalized spacial score (nSPS) is 34.2. The Morgan fingerprint density at radius 3 is 3.26 bits per heavy atom. The zero-order valence-corrected chi connectivity index (χ0v) is 11.4. The molecule has 3 unspecified atom stereocenters. The van der Waals surface area contributed by atoms with Gasteiger partial charge in [-0.2, -0.15) is 0 Å². The van der Waals surface area contributed by atoms with E-state index in [2.05, 4.69) is 16.4 Å². The van der Waals surface area contributed by atoms with Gasteiger partial charge in [-0.25, -0.2) is 0 Å². The number of aliphatic hydroxyl groups is 1. The maximum Gasteiger partial charge on any atom is 0.105 e. The summed E-state index contributed by atoms with van der Waals surface area (Å²) >= 11 is 0. The highest BCUT2D eigenvalue weighted by atomic mass is 16.5. The molecule has 2 aliphatic rings. The Labute approximate surface area is 114 Å². The van der Waals surface area contributed by atoms with Gasteiger partial charge in [0.05, 0.1) is 11.8 Å². The van der Waals surface area contributed by atoms with E-state index in [1.807, 2.05) is 19.2 Å². The Morgan fingerprint density at radius 2 is 2.47 bits per heavy atom. The van der Waals surface area contributed by atoms with E-state index in [4.69, 9.17) is 4.74 Å². The molecule has 1 aromatic rings. The summed E-state index contributed by atoms with van der Waals surface area (Å²) in [5.74, 6) is 0. The predicted molar refractivity (Wildman–Crippen MR) is 72.9 cm³/mol. The summed E-state index contributed by atoms with van der Waals surface area (Å²) in [7, 11) is 0. The van der Waals surface area contributed by atoms with Crippen LogP contribution in [0.25, 0.3) is 0 Å². The highest BCUT2D eigenvalue weighted by molar-refractivity contribution is 5.25. The third-order valence-corrected chi connectivity index (χ3v) is 4.51. The first kappa shape index (κ1) is 13.0. The molecule has 0 saturated carbocycles. The standard InChI is InChI=1S/C15H22N2O2/c1-11-15(18,7-9-19-11)10-17-13-6-2-4-12-5-3-8-16-14(12)13/h3,5,8,11,13,17-18H,2,4,6-7,9-10H2,1H3. The van der Waals surface area contributed by atoms with Gasteiger partial charge in [0.25, 0.3) is 0 Å². The first-order valence-electron chi connectivity index (χ1n) is 7.20. The molecule has 3 rings (SSSR count). The van der Waals surface area contributed by atoms with Gasteiger partial charge in [-0.15, -0.1) is 0 Å². The van der Waals surface area contributed by atoms with E-state index in [9.17, 15) is 5.11 Å².